The first-order valence-corrected chi connectivity index (χ1v) is 9.10. The highest BCUT2D eigenvalue weighted by molar-refractivity contribution is 6.34. The van der Waals surface area contributed by atoms with Gasteiger partial charge in [-0.25, -0.2) is 0 Å². The fourth-order valence-corrected chi connectivity index (χ4v) is 3.50. The smallest absolute Gasteiger partial charge is 0.228 e. The van der Waals surface area contributed by atoms with Crippen molar-refractivity contribution in [2.24, 2.45) is 0 Å². The van der Waals surface area contributed by atoms with Gasteiger partial charge in [0.25, 0.3) is 0 Å². The summed E-state index contributed by atoms with van der Waals surface area (Å²) >= 11 is 12.2. The summed E-state index contributed by atoms with van der Waals surface area (Å²) in [5.74, 6) is -0.224. The highest BCUT2D eigenvalue weighted by atomic mass is 35.5. The van der Waals surface area contributed by atoms with Gasteiger partial charge in [-0.05, 0) is 49.2 Å². The van der Waals surface area contributed by atoms with Crippen LogP contribution in [0.1, 0.15) is 31.2 Å². The first-order chi connectivity index (χ1) is 12.0. The zero-order chi connectivity index (χ0) is 17.8. The van der Waals surface area contributed by atoms with Gasteiger partial charge >= 0.3 is 0 Å². The van der Waals surface area contributed by atoms with E-state index in [4.69, 9.17) is 23.2 Å². The number of carbonyl (C=O) groups is 1. The molecular weight excluding hydrogens is 359 g/mol. The van der Waals surface area contributed by atoms with Crippen molar-refractivity contribution in [1.29, 1.82) is 0 Å². The Hall–Kier alpha value is -1.91. The summed E-state index contributed by atoms with van der Waals surface area (Å²) in [6.45, 7) is 0. The van der Waals surface area contributed by atoms with Crippen molar-refractivity contribution < 1.29 is 9.90 Å². The molecule has 0 saturated heterocycles. The first kappa shape index (κ1) is 17.9. The molecule has 0 spiro atoms. The largest absolute Gasteiger partial charge is 0.508 e. The average Bonchev–Trinajstić information content (AvgIpc) is 3.06. The Morgan fingerprint density at radius 2 is 1.88 bits per heavy atom. The van der Waals surface area contributed by atoms with Gasteiger partial charge in [0.1, 0.15) is 5.75 Å². The Morgan fingerprint density at radius 1 is 1.12 bits per heavy atom. The van der Waals surface area contributed by atoms with Gasteiger partial charge in [-0.3, -0.25) is 4.79 Å². The number of hydrogen-bond donors (Lipinski definition) is 3. The van der Waals surface area contributed by atoms with Gasteiger partial charge in [-0.1, -0.05) is 36.0 Å². The Balaban J connectivity index is 1.63. The molecule has 0 aliphatic heterocycles. The number of anilines is 2. The lowest BCUT2D eigenvalue weighted by molar-refractivity contribution is -0.115. The third kappa shape index (κ3) is 4.80. The molecule has 0 heterocycles. The summed E-state index contributed by atoms with van der Waals surface area (Å²) in [5.41, 5.74) is 1.98. The molecule has 0 radical (unpaired) electrons. The number of halogens is 2. The molecule has 1 fully saturated rings. The van der Waals surface area contributed by atoms with Crippen molar-refractivity contribution >= 4 is 40.5 Å². The summed E-state index contributed by atoms with van der Waals surface area (Å²) in [4.78, 5) is 12.2. The van der Waals surface area contributed by atoms with E-state index in [1.165, 1.54) is 31.7 Å². The highest BCUT2D eigenvalue weighted by Crippen LogP contribution is 2.29. The van der Waals surface area contributed by atoms with E-state index in [0.717, 1.165) is 5.69 Å². The van der Waals surface area contributed by atoms with E-state index in [2.05, 4.69) is 10.6 Å². The Morgan fingerprint density at radius 3 is 2.60 bits per heavy atom. The van der Waals surface area contributed by atoms with Gasteiger partial charge in [-0.15, -0.1) is 0 Å². The lowest BCUT2D eigenvalue weighted by Crippen LogP contribution is -2.16. The van der Waals surface area contributed by atoms with Crippen LogP contribution in [0.3, 0.4) is 0 Å². The Labute approximate surface area is 157 Å². The molecule has 6 heteroatoms. The van der Waals surface area contributed by atoms with Gasteiger partial charge in [0, 0.05) is 22.3 Å². The van der Waals surface area contributed by atoms with Gasteiger partial charge < -0.3 is 15.7 Å². The molecule has 2 aromatic rings. The van der Waals surface area contributed by atoms with Gasteiger partial charge in [0.2, 0.25) is 5.91 Å². The minimum Gasteiger partial charge on any atom is -0.508 e. The number of rotatable bonds is 5. The predicted molar refractivity (Wildman–Crippen MR) is 103 cm³/mol. The van der Waals surface area contributed by atoms with E-state index in [9.17, 15) is 9.90 Å². The minimum atomic E-state index is -0.268. The van der Waals surface area contributed by atoms with Crippen molar-refractivity contribution in [1.82, 2.24) is 0 Å². The van der Waals surface area contributed by atoms with E-state index in [1.54, 1.807) is 18.2 Å². The van der Waals surface area contributed by atoms with Crippen LogP contribution in [0.2, 0.25) is 10.0 Å². The number of benzene rings is 2. The van der Waals surface area contributed by atoms with Crippen LogP contribution >= 0.6 is 23.2 Å². The van der Waals surface area contributed by atoms with Crippen LogP contribution in [0.15, 0.2) is 36.4 Å². The number of amides is 1. The molecule has 0 atom stereocenters. The molecule has 25 heavy (non-hydrogen) atoms. The van der Waals surface area contributed by atoms with E-state index >= 15 is 0 Å². The molecule has 0 aromatic heterocycles. The second kappa shape index (κ2) is 7.98. The topological polar surface area (TPSA) is 61.4 Å². The van der Waals surface area contributed by atoms with Crippen LogP contribution < -0.4 is 10.6 Å². The molecule has 3 N–H and O–H groups in total. The zero-order valence-electron chi connectivity index (χ0n) is 13.7. The van der Waals surface area contributed by atoms with Crippen LogP contribution in [-0.4, -0.2) is 17.1 Å². The molecule has 2 aromatic carbocycles. The van der Waals surface area contributed by atoms with Gasteiger partial charge in [-0.2, -0.15) is 0 Å². The summed E-state index contributed by atoms with van der Waals surface area (Å²) in [5, 5.41) is 17.0. The Kier molecular flexibility index (Phi) is 5.71. The Bertz CT molecular complexity index is 774. The first-order valence-electron chi connectivity index (χ1n) is 8.34. The molecule has 1 aliphatic rings. The quantitative estimate of drug-likeness (QED) is 0.666. The molecule has 4 nitrogen and oxygen atoms in total. The van der Waals surface area contributed by atoms with Crippen molar-refractivity contribution in [3.05, 3.63) is 52.0 Å². The van der Waals surface area contributed by atoms with Gasteiger partial charge in [0.05, 0.1) is 17.1 Å². The number of carbonyl (C=O) groups excluding carboxylic acids is 1. The third-order valence-corrected chi connectivity index (χ3v) is 4.91. The SMILES string of the molecule is O=C(Cc1cc(Cl)ccc1O)Nc1ccc(NC2CCCC2)cc1Cl. The van der Waals surface area contributed by atoms with E-state index < -0.39 is 0 Å². The zero-order valence-corrected chi connectivity index (χ0v) is 15.2. The maximum atomic E-state index is 12.2. The second-order valence-electron chi connectivity index (χ2n) is 6.32. The standard InChI is InChI=1S/C19H20Cl2N2O2/c20-13-5-8-18(24)12(9-13)10-19(25)23-17-7-6-15(11-16(17)21)22-14-3-1-2-4-14/h5-9,11,14,22,24H,1-4,10H2,(H,23,25). The highest BCUT2D eigenvalue weighted by Gasteiger charge is 2.15. The monoisotopic (exact) mass is 378 g/mol. The van der Waals surface area contributed by atoms with Crippen molar-refractivity contribution in [2.45, 2.75) is 38.1 Å². The number of phenolic OH excluding ortho intramolecular Hbond substituents is 1. The molecule has 1 saturated carbocycles. The molecule has 132 valence electrons. The summed E-state index contributed by atoms with van der Waals surface area (Å²) in [6.07, 6.45) is 4.90. The van der Waals surface area contributed by atoms with E-state index in [-0.39, 0.29) is 18.1 Å². The van der Waals surface area contributed by atoms with Crippen molar-refractivity contribution in [3.63, 3.8) is 0 Å². The normalized spacial score (nSPS) is 14.5. The van der Waals surface area contributed by atoms with E-state index in [1.807, 2.05) is 12.1 Å². The molecule has 0 bridgehead atoms. The number of phenols is 1. The van der Waals surface area contributed by atoms with Crippen molar-refractivity contribution in [2.75, 3.05) is 10.6 Å². The second-order valence-corrected chi connectivity index (χ2v) is 7.16. The summed E-state index contributed by atoms with van der Waals surface area (Å²) < 4.78 is 0. The van der Waals surface area contributed by atoms with Crippen LogP contribution in [0.5, 0.6) is 5.75 Å². The fraction of sp³-hybridized carbons (Fsp3) is 0.316. The summed E-state index contributed by atoms with van der Waals surface area (Å²) in [6, 6.07) is 10.7. The maximum Gasteiger partial charge on any atom is 0.228 e. The molecule has 3 rings (SSSR count). The molecule has 0 unspecified atom stereocenters. The van der Waals surface area contributed by atoms with Crippen LogP contribution in [0.25, 0.3) is 0 Å². The third-order valence-electron chi connectivity index (χ3n) is 4.36. The lowest BCUT2D eigenvalue weighted by Gasteiger charge is -2.15. The molecule has 1 amide bonds. The van der Waals surface area contributed by atoms with Gasteiger partial charge in [0.15, 0.2) is 0 Å². The molecule has 1 aliphatic carbocycles. The molecular formula is C19H20Cl2N2O2. The van der Waals surface area contributed by atoms with Crippen LogP contribution in [0, 0.1) is 0 Å². The average molecular weight is 379 g/mol. The van der Waals surface area contributed by atoms with E-state index in [0.29, 0.717) is 27.3 Å². The number of aromatic hydroxyl groups is 1. The number of nitrogens with one attached hydrogen (secondary N) is 2. The fourth-order valence-electron chi connectivity index (χ4n) is 3.08. The van der Waals surface area contributed by atoms with Crippen LogP contribution in [-0.2, 0) is 11.2 Å². The minimum absolute atomic E-state index is 0.0186. The predicted octanol–water partition coefficient (Wildman–Crippen LogP) is 5.23. The lowest BCUT2D eigenvalue weighted by atomic mass is 10.1. The van der Waals surface area contributed by atoms with Crippen molar-refractivity contribution in [3.8, 4) is 5.75 Å². The number of hydrogen-bond acceptors (Lipinski definition) is 3. The maximum absolute atomic E-state index is 12.2. The van der Waals surface area contributed by atoms with Crippen LogP contribution in [0.4, 0.5) is 11.4 Å². The summed E-state index contributed by atoms with van der Waals surface area (Å²) in [7, 11) is 0.